The van der Waals surface area contributed by atoms with Crippen molar-refractivity contribution in [3.8, 4) is 0 Å². The van der Waals surface area contributed by atoms with Gasteiger partial charge in [0.2, 0.25) is 11.7 Å². The Morgan fingerprint density at radius 1 is 1.20 bits per heavy atom. The maximum absolute atomic E-state index is 12.5. The minimum absolute atomic E-state index is 0.0738. The third-order valence-corrected chi connectivity index (χ3v) is 6.56. The molecule has 0 radical (unpaired) electrons. The number of esters is 1. The molecule has 1 aliphatic carbocycles. The average Bonchev–Trinajstić information content (AvgIpc) is 2.81. The van der Waals surface area contributed by atoms with Crippen molar-refractivity contribution in [3.05, 3.63) is 46.1 Å². The summed E-state index contributed by atoms with van der Waals surface area (Å²) in [6, 6.07) is 5.91. The second-order valence-electron chi connectivity index (χ2n) is 9.14. The van der Waals surface area contributed by atoms with E-state index in [9.17, 15) is 14.4 Å². The summed E-state index contributed by atoms with van der Waals surface area (Å²) in [6.45, 7) is 14.7. The Balaban J connectivity index is 2.26. The smallest absolute Gasteiger partial charge is 0.311 e. The van der Waals surface area contributed by atoms with Crippen molar-refractivity contribution in [1.82, 2.24) is 5.32 Å². The van der Waals surface area contributed by atoms with Crippen molar-refractivity contribution >= 4 is 46.3 Å². The van der Waals surface area contributed by atoms with Crippen LogP contribution in [0, 0.1) is 12.3 Å². The summed E-state index contributed by atoms with van der Waals surface area (Å²) in [7, 11) is 0. The predicted octanol–water partition coefficient (Wildman–Crippen LogP) is 5.38. The van der Waals surface area contributed by atoms with E-state index < -0.39 is 11.2 Å². The van der Waals surface area contributed by atoms with Gasteiger partial charge in [-0.15, -0.1) is 0 Å². The first-order valence-corrected chi connectivity index (χ1v) is 12.4. The number of carbonyl (C=O) groups excluding carboxylic acids is 3. The SMILES string of the molecule is CCC1=C(Cl)C(=O)C(NC(C)=O)=CC1=Nc1ccc(N(CC)CCOC(=O)C(C)(C)CC)cc1C. The van der Waals surface area contributed by atoms with Crippen LogP contribution >= 0.6 is 11.6 Å². The van der Waals surface area contributed by atoms with Crippen LogP contribution in [0.3, 0.4) is 0 Å². The highest BCUT2D eigenvalue weighted by molar-refractivity contribution is 6.49. The lowest BCUT2D eigenvalue weighted by Crippen LogP contribution is -2.31. The number of hydrogen-bond donors (Lipinski definition) is 1. The maximum atomic E-state index is 12.5. The van der Waals surface area contributed by atoms with Crippen molar-refractivity contribution in [2.24, 2.45) is 10.4 Å². The highest BCUT2D eigenvalue weighted by Crippen LogP contribution is 2.30. The Morgan fingerprint density at radius 2 is 1.89 bits per heavy atom. The molecular formula is C27H36ClN3O4. The molecule has 0 atom stereocenters. The van der Waals surface area contributed by atoms with E-state index in [1.165, 1.54) is 6.92 Å². The van der Waals surface area contributed by atoms with E-state index in [2.05, 4.69) is 17.1 Å². The normalized spacial score (nSPS) is 15.3. The number of carbonyl (C=O) groups is 3. The van der Waals surface area contributed by atoms with E-state index >= 15 is 0 Å². The molecule has 2 rings (SSSR count). The summed E-state index contributed by atoms with van der Waals surface area (Å²) in [5.74, 6) is -0.946. The lowest BCUT2D eigenvalue weighted by molar-refractivity contribution is -0.153. The molecule has 8 heteroatoms. The molecule has 1 aromatic rings. The monoisotopic (exact) mass is 501 g/mol. The van der Waals surface area contributed by atoms with Crippen LogP contribution in [0.4, 0.5) is 11.4 Å². The number of likely N-dealkylation sites (N-methyl/N-ethyl adjacent to an activating group) is 1. The van der Waals surface area contributed by atoms with Crippen molar-refractivity contribution in [2.45, 2.75) is 61.3 Å². The molecule has 0 saturated carbocycles. The molecule has 0 unspecified atom stereocenters. The first kappa shape index (κ1) is 28.3. The number of ether oxygens (including phenoxy) is 1. The minimum Gasteiger partial charge on any atom is -0.463 e. The second kappa shape index (κ2) is 12.2. The van der Waals surface area contributed by atoms with Crippen molar-refractivity contribution in [3.63, 3.8) is 0 Å². The first-order valence-electron chi connectivity index (χ1n) is 12.0. The molecular weight excluding hydrogens is 466 g/mol. The molecule has 35 heavy (non-hydrogen) atoms. The summed E-state index contributed by atoms with van der Waals surface area (Å²) >= 11 is 6.32. The molecule has 0 heterocycles. The number of ketones is 1. The van der Waals surface area contributed by atoms with Gasteiger partial charge in [0.25, 0.3) is 0 Å². The highest BCUT2D eigenvalue weighted by atomic mass is 35.5. The Bertz CT molecular complexity index is 1090. The molecule has 190 valence electrons. The summed E-state index contributed by atoms with van der Waals surface area (Å²) < 4.78 is 5.50. The largest absolute Gasteiger partial charge is 0.463 e. The number of halogens is 1. The number of nitrogens with zero attached hydrogens (tertiary/aromatic N) is 2. The molecule has 0 spiro atoms. The zero-order valence-corrected chi connectivity index (χ0v) is 22.5. The lowest BCUT2D eigenvalue weighted by Gasteiger charge is -2.25. The number of anilines is 1. The lowest BCUT2D eigenvalue weighted by atomic mass is 9.91. The van der Waals surface area contributed by atoms with Gasteiger partial charge in [-0.3, -0.25) is 14.4 Å². The van der Waals surface area contributed by atoms with E-state index in [0.29, 0.717) is 30.9 Å². The molecule has 0 fully saturated rings. The minimum atomic E-state index is -0.485. The molecule has 1 amide bonds. The summed E-state index contributed by atoms with van der Waals surface area (Å²) in [5.41, 5.74) is 3.49. The molecule has 1 aromatic carbocycles. The average molecular weight is 502 g/mol. The number of allylic oxidation sites excluding steroid dienone is 3. The standard InChI is InChI=1S/C27H36ClN3O4/c1-8-20-22(16-23(29-18(5)32)25(33)24(20)28)30-21-12-11-19(15-17(21)4)31(10-3)13-14-35-26(34)27(6,7)9-2/h11-12,15-16H,8-10,13-14H2,1-7H3,(H,29,32). The van der Waals surface area contributed by atoms with Crippen LogP contribution in [-0.2, 0) is 19.1 Å². The Kier molecular flexibility index (Phi) is 9.83. The molecule has 0 aliphatic heterocycles. The van der Waals surface area contributed by atoms with Crippen LogP contribution in [0.1, 0.15) is 59.9 Å². The first-order chi connectivity index (χ1) is 16.4. The van der Waals surface area contributed by atoms with Gasteiger partial charge in [0.05, 0.1) is 34.1 Å². The number of aliphatic imine (C=N–C) groups is 1. The van der Waals surface area contributed by atoms with Gasteiger partial charge >= 0.3 is 5.97 Å². The third kappa shape index (κ3) is 7.04. The van der Waals surface area contributed by atoms with Crippen LogP contribution < -0.4 is 10.2 Å². The van der Waals surface area contributed by atoms with Gasteiger partial charge in [-0.05, 0) is 70.4 Å². The number of aryl methyl sites for hydroxylation is 1. The number of Topliss-reactive ketones (excluding diaryl/α,β-unsaturated/α-hetero) is 1. The van der Waals surface area contributed by atoms with Crippen LogP contribution in [0.5, 0.6) is 0 Å². The van der Waals surface area contributed by atoms with E-state index in [1.54, 1.807) is 6.08 Å². The quantitative estimate of drug-likeness (QED) is 0.343. The number of benzene rings is 1. The van der Waals surface area contributed by atoms with Gasteiger partial charge in [0.15, 0.2) is 0 Å². The predicted molar refractivity (Wildman–Crippen MR) is 141 cm³/mol. The van der Waals surface area contributed by atoms with Gasteiger partial charge in [-0.2, -0.15) is 0 Å². The number of rotatable bonds is 10. The van der Waals surface area contributed by atoms with Crippen LogP contribution in [0.15, 0.2) is 45.6 Å². The summed E-state index contributed by atoms with van der Waals surface area (Å²) in [4.78, 5) is 43.1. The molecule has 1 aliphatic rings. The Morgan fingerprint density at radius 3 is 2.43 bits per heavy atom. The molecule has 0 saturated heterocycles. The zero-order valence-electron chi connectivity index (χ0n) is 21.8. The summed E-state index contributed by atoms with van der Waals surface area (Å²) in [5, 5.41) is 2.61. The van der Waals surface area contributed by atoms with Crippen LogP contribution in [0.25, 0.3) is 0 Å². The number of nitrogens with one attached hydrogen (secondary N) is 1. The molecule has 0 aromatic heterocycles. The third-order valence-electron chi connectivity index (χ3n) is 6.16. The van der Waals surface area contributed by atoms with E-state index in [0.717, 1.165) is 29.9 Å². The fourth-order valence-corrected chi connectivity index (χ4v) is 3.86. The maximum Gasteiger partial charge on any atom is 0.311 e. The van der Waals surface area contributed by atoms with E-state index in [-0.39, 0.29) is 22.6 Å². The fourth-order valence-electron chi connectivity index (χ4n) is 3.53. The molecule has 7 nitrogen and oxygen atoms in total. The van der Waals surface area contributed by atoms with Gasteiger partial charge in [0, 0.05) is 24.7 Å². The zero-order chi connectivity index (χ0) is 26.3. The molecule has 0 bridgehead atoms. The summed E-state index contributed by atoms with van der Waals surface area (Å²) in [6.07, 6.45) is 2.83. The Labute approximate surface area is 213 Å². The fraction of sp³-hybridized carbons (Fsp3) is 0.481. The van der Waals surface area contributed by atoms with E-state index in [4.69, 9.17) is 21.3 Å². The highest BCUT2D eigenvalue weighted by Gasteiger charge is 2.27. The van der Waals surface area contributed by atoms with Gasteiger partial charge in [-0.25, -0.2) is 4.99 Å². The topological polar surface area (TPSA) is 88.1 Å². The van der Waals surface area contributed by atoms with Crippen molar-refractivity contribution in [1.29, 1.82) is 0 Å². The van der Waals surface area contributed by atoms with Crippen LogP contribution in [0.2, 0.25) is 0 Å². The van der Waals surface area contributed by atoms with E-state index in [1.807, 2.05) is 52.8 Å². The number of hydrogen-bond acceptors (Lipinski definition) is 6. The number of amides is 1. The van der Waals surface area contributed by atoms with Gasteiger partial charge in [0.1, 0.15) is 6.61 Å². The van der Waals surface area contributed by atoms with Gasteiger partial charge < -0.3 is 15.0 Å². The van der Waals surface area contributed by atoms with Crippen molar-refractivity contribution < 1.29 is 19.1 Å². The Hall–Kier alpha value is -2.93. The van der Waals surface area contributed by atoms with Crippen LogP contribution in [-0.4, -0.2) is 43.1 Å². The van der Waals surface area contributed by atoms with Crippen molar-refractivity contribution in [2.75, 3.05) is 24.6 Å². The van der Waals surface area contributed by atoms with Gasteiger partial charge in [-0.1, -0.05) is 25.4 Å². The molecule has 1 N–H and O–H groups in total. The second-order valence-corrected chi connectivity index (χ2v) is 9.51.